The average Bonchev–Trinajstić information content (AvgIpc) is 2.65. The van der Waals surface area contributed by atoms with Gasteiger partial charge >= 0.3 is 5.97 Å². The summed E-state index contributed by atoms with van der Waals surface area (Å²) in [5.74, 6) is -0.798. The highest BCUT2D eigenvalue weighted by atomic mass is 32.1. The molecular weight excluding hydrogens is 390 g/mol. The summed E-state index contributed by atoms with van der Waals surface area (Å²) in [5.41, 5.74) is 2.43. The second-order valence-electron chi connectivity index (χ2n) is 6.56. The number of aromatic carboxylic acids is 1. The molecule has 6 nitrogen and oxygen atoms in total. The summed E-state index contributed by atoms with van der Waals surface area (Å²) in [4.78, 5) is 24.3. The largest absolute Gasteiger partial charge is 0.508 e. The molecule has 3 N–H and O–H groups in total. The molecule has 0 saturated carbocycles. The Kier molecular flexibility index (Phi) is 4.52. The summed E-state index contributed by atoms with van der Waals surface area (Å²) in [6.07, 6.45) is 0. The van der Waals surface area contributed by atoms with Crippen molar-refractivity contribution >= 4 is 39.8 Å². The maximum absolute atomic E-state index is 11.9. The molecular formula is C22H15NO5S. The summed E-state index contributed by atoms with van der Waals surface area (Å²) < 4.78 is 5.82. The Hall–Kier alpha value is -3.71. The Morgan fingerprint density at radius 1 is 1.03 bits per heavy atom. The first-order valence-corrected chi connectivity index (χ1v) is 9.09. The quantitative estimate of drug-likeness (QED) is 0.335. The van der Waals surface area contributed by atoms with Crippen LogP contribution in [-0.4, -0.2) is 21.2 Å². The Labute approximate surface area is 170 Å². The van der Waals surface area contributed by atoms with E-state index in [9.17, 15) is 19.8 Å². The van der Waals surface area contributed by atoms with E-state index in [4.69, 9.17) is 16.6 Å². The van der Waals surface area contributed by atoms with Gasteiger partial charge in [0.25, 0.3) is 0 Å². The fourth-order valence-corrected chi connectivity index (χ4v) is 3.49. The monoisotopic (exact) mass is 405 g/mol. The summed E-state index contributed by atoms with van der Waals surface area (Å²) in [5, 5.41) is 23.3. The summed E-state index contributed by atoms with van der Waals surface area (Å²) in [6, 6.07) is 13.8. The third-order valence-corrected chi connectivity index (χ3v) is 4.62. The van der Waals surface area contributed by atoms with Crippen molar-refractivity contribution in [3.63, 3.8) is 0 Å². The molecule has 0 aromatic heterocycles. The van der Waals surface area contributed by atoms with Crippen LogP contribution in [0.15, 0.2) is 63.8 Å². The minimum atomic E-state index is -1.09. The number of nitrogens with one attached hydrogen (secondary N) is 1. The molecule has 0 fully saturated rings. The highest BCUT2D eigenvalue weighted by Gasteiger charge is 2.22. The molecule has 0 bridgehead atoms. The fourth-order valence-electron chi connectivity index (χ4n) is 3.37. The summed E-state index contributed by atoms with van der Waals surface area (Å²) >= 11 is 5.10. The van der Waals surface area contributed by atoms with Crippen molar-refractivity contribution in [1.29, 1.82) is 0 Å². The van der Waals surface area contributed by atoms with Crippen molar-refractivity contribution < 1.29 is 19.4 Å². The number of rotatable bonds is 3. The summed E-state index contributed by atoms with van der Waals surface area (Å²) in [6.45, 7) is 1.73. The lowest BCUT2D eigenvalue weighted by molar-refractivity contribution is 0.0698. The van der Waals surface area contributed by atoms with Gasteiger partial charge in [-0.25, -0.2) is 4.79 Å². The molecule has 0 unspecified atom stereocenters. The van der Waals surface area contributed by atoms with Crippen molar-refractivity contribution in [1.82, 2.24) is 0 Å². The number of fused-ring (bicyclic) bond motifs is 2. The van der Waals surface area contributed by atoms with Gasteiger partial charge in [-0.15, -0.1) is 0 Å². The third-order valence-electron chi connectivity index (χ3n) is 4.52. The van der Waals surface area contributed by atoms with E-state index >= 15 is 0 Å². The standard InChI is InChI=1S/C22H15NO5S/c1-11(29)23-12-2-5-15(22(26)27)18(8-12)21-16-6-3-13(24)9-19(16)28-20-10-14(25)4-7-17(20)21/h2-10,24H,1H3,(H,23,29)(H,26,27). The minimum Gasteiger partial charge on any atom is -0.508 e. The molecule has 1 heterocycles. The number of carbonyl (C=O) groups is 1. The number of hydrogen-bond donors (Lipinski definition) is 3. The van der Waals surface area contributed by atoms with Crippen LogP contribution in [0.1, 0.15) is 17.3 Å². The normalized spacial score (nSPS) is 10.9. The highest BCUT2D eigenvalue weighted by Crippen LogP contribution is 2.42. The van der Waals surface area contributed by atoms with Crippen LogP contribution >= 0.6 is 12.2 Å². The van der Waals surface area contributed by atoms with Crippen LogP contribution < -0.4 is 10.7 Å². The Balaban J connectivity index is 2.15. The molecule has 29 heavy (non-hydrogen) atoms. The lowest BCUT2D eigenvalue weighted by Crippen LogP contribution is -2.07. The molecule has 0 atom stereocenters. The lowest BCUT2D eigenvalue weighted by atomic mass is 9.90. The van der Waals surface area contributed by atoms with Gasteiger partial charge in [-0.3, -0.25) is 4.79 Å². The number of benzene rings is 3. The average molecular weight is 405 g/mol. The van der Waals surface area contributed by atoms with E-state index in [1.54, 1.807) is 31.2 Å². The maximum Gasteiger partial charge on any atom is 0.336 e. The molecule has 1 aliphatic heterocycles. The predicted molar refractivity (Wildman–Crippen MR) is 115 cm³/mol. The second kappa shape index (κ2) is 7.03. The molecule has 2 aromatic rings. The number of thiocarbonyl (C=S) groups is 1. The second-order valence-corrected chi connectivity index (χ2v) is 7.17. The number of aromatic hydroxyl groups is 1. The summed E-state index contributed by atoms with van der Waals surface area (Å²) in [7, 11) is 0. The molecule has 2 aliphatic rings. The van der Waals surface area contributed by atoms with E-state index in [2.05, 4.69) is 5.32 Å². The van der Waals surface area contributed by atoms with Crippen LogP contribution in [0, 0.1) is 0 Å². The fraction of sp³-hybridized carbons (Fsp3) is 0.0455. The van der Waals surface area contributed by atoms with Crippen LogP contribution in [0.2, 0.25) is 0 Å². The Bertz CT molecular complexity index is 1320. The van der Waals surface area contributed by atoms with E-state index in [1.807, 2.05) is 0 Å². The van der Waals surface area contributed by atoms with E-state index in [0.29, 0.717) is 44.1 Å². The number of carboxylic acids is 1. The maximum atomic E-state index is 11.9. The van der Waals surface area contributed by atoms with Crippen LogP contribution in [0.3, 0.4) is 0 Å². The molecule has 144 valence electrons. The van der Waals surface area contributed by atoms with Crippen molar-refractivity contribution in [2.75, 3.05) is 5.32 Å². The van der Waals surface area contributed by atoms with Crippen molar-refractivity contribution in [2.24, 2.45) is 0 Å². The number of anilines is 1. The number of hydrogen-bond acceptors (Lipinski definition) is 5. The van der Waals surface area contributed by atoms with Gasteiger partial charge in [0.1, 0.15) is 17.1 Å². The molecule has 4 rings (SSSR count). The van der Waals surface area contributed by atoms with Crippen LogP contribution in [0.4, 0.5) is 5.69 Å². The molecule has 0 radical (unpaired) electrons. The predicted octanol–water partition coefficient (Wildman–Crippen LogP) is 4.73. The first-order chi connectivity index (χ1) is 13.8. The minimum absolute atomic E-state index is 0.00460. The van der Waals surface area contributed by atoms with Gasteiger partial charge in [0.05, 0.1) is 10.6 Å². The first kappa shape index (κ1) is 18.6. The molecule has 0 saturated heterocycles. The number of carboxylic acid groups (broad SMARTS) is 1. The smallest absolute Gasteiger partial charge is 0.336 e. The van der Waals surface area contributed by atoms with Crippen molar-refractivity contribution in [2.45, 2.75) is 6.92 Å². The Morgan fingerprint density at radius 2 is 1.83 bits per heavy atom. The van der Waals surface area contributed by atoms with Gasteiger partial charge in [0, 0.05) is 34.3 Å². The van der Waals surface area contributed by atoms with Crippen molar-refractivity contribution in [3.8, 4) is 28.2 Å². The van der Waals surface area contributed by atoms with Crippen LogP contribution in [-0.2, 0) is 0 Å². The zero-order valence-corrected chi connectivity index (χ0v) is 16.0. The van der Waals surface area contributed by atoms with Gasteiger partial charge in [-0.1, -0.05) is 12.2 Å². The number of phenols is 1. The molecule has 1 aliphatic carbocycles. The van der Waals surface area contributed by atoms with E-state index in [1.165, 1.54) is 30.3 Å². The topological polar surface area (TPSA) is 99.8 Å². The molecule has 2 aromatic carbocycles. The van der Waals surface area contributed by atoms with Gasteiger partial charge in [0.15, 0.2) is 5.43 Å². The Morgan fingerprint density at radius 3 is 2.55 bits per heavy atom. The molecule has 0 spiro atoms. The van der Waals surface area contributed by atoms with Gasteiger partial charge in [0.2, 0.25) is 0 Å². The number of phenolic OH excluding ortho intramolecular Hbond substituents is 1. The van der Waals surface area contributed by atoms with Gasteiger partial charge in [-0.2, -0.15) is 0 Å². The van der Waals surface area contributed by atoms with Crippen molar-refractivity contribution in [3.05, 3.63) is 70.4 Å². The molecule has 0 amide bonds. The van der Waals surface area contributed by atoms with Crippen LogP contribution in [0.25, 0.3) is 33.4 Å². The SMILES string of the molecule is CC(=S)Nc1ccc(C(=O)O)c(-c2c3ccc(=O)cc-3oc3cc(O)ccc23)c1. The third kappa shape index (κ3) is 3.43. The van der Waals surface area contributed by atoms with Gasteiger partial charge in [-0.05, 0) is 55.0 Å². The zero-order chi connectivity index (χ0) is 20.7. The van der Waals surface area contributed by atoms with E-state index in [0.717, 1.165) is 0 Å². The lowest BCUT2D eigenvalue weighted by Gasteiger charge is -2.17. The first-order valence-electron chi connectivity index (χ1n) is 8.68. The highest BCUT2D eigenvalue weighted by molar-refractivity contribution is 7.80. The van der Waals surface area contributed by atoms with E-state index in [-0.39, 0.29) is 16.7 Å². The van der Waals surface area contributed by atoms with Crippen LogP contribution in [0.5, 0.6) is 5.75 Å². The zero-order valence-electron chi connectivity index (χ0n) is 15.2. The molecule has 7 heteroatoms. The van der Waals surface area contributed by atoms with E-state index < -0.39 is 5.97 Å². The van der Waals surface area contributed by atoms with Gasteiger partial charge < -0.3 is 19.9 Å².